The number of carbonyl (C=O) groups is 4. The molecule has 0 aromatic heterocycles. The fraction of sp³-hybridized carbons (Fsp3) is 0.333. The van der Waals surface area contributed by atoms with Crippen LogP contribution in [0.25, 0.3) is 0 Å². The third-order valence-corrected chi connectivity index (χ3v) is 5.37. The summed E-state index contributed by atoms with van der Waals surface area (Å²) in [5, 5.41) is 2.71. The minimum atomic E-state index is -0.348. The minimum Gasteiger partial charge on any atom is -0.350 e. The number of rotatable bonds is 9. The van der Waals surface area contributed by atoms with E-state index in [0.717, 1.165) is 11.1 Å². The van der Waals surface area contributed by atoms with Crippen molar-refractivity contribution in [1.82, 2.24) is 15.1 Å². The minimum absolute atomic E-state index is 0.0944. The molecule has 1 heterocycles. The van der Waals surface area contributed by atoms with Crippen molar-refractivity contribution in [3.05, 3.63) is 70.5 Å². The number of hydrogen-bond acceptors (Lipinski definition) is 4. The molecule has 32 heavy (non-hydrogen) atoms. The molecule has 0 fully saturated rings. The Morgan fingerprint density at radius 2 is 1.72 bits per heavy atom. The van der Waals surface area contributed by atoms with E-state index < -0.39 is 0 Å². The lowest BCUT2D eigenvalue weighted by molar-refractivity contribution is -0.136. The third-order valence-electron chi connectivity index (χ3n) is 5.37. The Morgan fingerprint density at radius 3 is 2.41 bits per heavy atom. The van der Waals surface area contributed by atoms with Gasteiger partial charge in [0.1, 0.15) is 5.82 Å². The zero-order valence-electron chi connectivity index (χ0n) is 18.2. The summed E-state index contributed by atoms with van der Waals surface area (Å²) in [7, 11) is 0. The van der Waals surface area contributed by atoms with E-state index in [0.29, 0.717) is 24.1 Å². The summed E-state index contributed by atoms with van der Waals surface area (Å²) >= 11 is 0. The number of likely N-dealkylation sites (N-methyl/N-ethyl adjacent to an activating group) is 1. The lowest BCUT2D eigenvalue weighted by Gasteiger charge is -2.21. The zero-order valence-corrected chi connectivity index (χ0v) is 18.2. The van der Waals surface area contributed by atoms with E-state index in [2.05, 4.69) is 5.32 Å². The number of aryl methyl sites for hydroxylation is 1. The van der Waals surface area contributed by atoms with Crippen LogP contribution < -0.4 is 5.32 Å². The molecule has 0 bridgehead atoms. The van der Waals surface area contributed by atoms with Crippen molar-refractivity contribution < 1.29 is 23.6 Å². The number of nitrogens with one attached hydrogen (secondary N) is 1. The van der Waals surface area contributed by atoms with Gasteiger partial charge < -0.3 is 10.2 Å². The van der Waals surface area contributed by atoms with E-state index in [1.807, 2.05) is 6.92 Å². The highest BCUT2D eigenvalue weighted by Crippen LogP contribution is 2.24. The summed E-state index contributed by atoms with van der Waals surface area (Å²) in [6.45, 7) is 4.28. The van der Waals surface area contributed by atoms with Crippen molar-refractivity contribution in [3.63, 3.8) is 0 Å². The van der Waals surface area contributed by atoms with Gasteiger partial charge in [-0.05, 0) is 50.1 Å². The van der Waals surface area contributed by atoms with Crippen LogP contribution in [0.15, 0.2) is 42.5 Å². The fourth-order valence-electron chi connectivity index (χ4n) is 3.56. The number of fused-ring (bicyclic) bond motifs is 1. The first-order valence-corrected chi connectivity index (χ1v) is 10.6. The second-order valence-electron chi connectivity index (χ2n) is 7.73. The number of imide groups is 1. The maximum atomic E-state index is 12.9. The Kier molecular flexibility index (Phi) is 7.35. The van der Waals surface area contributed by atoms with Gasteiger partial charge in [-0.3, -0.25) is 24.1 Å². The predicted octanol–water partition coefficient (Wildman–Crippen LogP) is 2.68. The molecule has 0 radical (unpaired) electrons. The van der Waals surface area contributed by atoms with E-state index >= 15 is 0 Å². The van der Waals surface area contributed by atoms with Crippen molar-refractivity contribution in [2.24, 2.45) is 0 Å². The average Bonchev–Trinajstić information content (AvgIpc) is 3.01. The van der Waals surface area contributed by atoms with Crippen LogP contribution in [0.4, 0.5) is 4.39 Å². The standard InChI is InChI=1S/C24H26FN3O4/c1-3-27(15-21(29)26-14-17-7-9-18(25)10-8-17)22(30)5-4-12-28-23(31)19-11-6-16(2)13-20(19)24(28)32/h6-11,13H,3-5,12,14-15H2,1-2H3,(H,26,29). The van der Waals surface area contributed by atoms with Crippen LogP contribution in [-0.2, 0) is 16.1 Å². The van der Waals surface area contributed by atoms with Gasteiger partial charge in [-0.15, -0.1) is 0 Å². The first-order valence-electron chi connectivity index (χ1n) is 10.6. The Morgan fingerprint density at radius 1 is 1.03 bits per heavy atom. The van der Waals surface area contributed by atoms with Gasteiger partial charge in [0.2, 0.25) is 11.8 Å². The first-order chi connectivity index (χ1) is 15.3. The molecule has 0 aliphatic carbocycles. The number of carbonyl (C=O) groups excluding carboxylic acids is 4. The Hall–Kier alpha value is -3.55. The summed E-state index contributed by atoms with van der Waals surface area (Å²) in [6.07, 6.45) is 0.433. The lowest BCUT2D eigenvalue weighted by atomic mass is 10.1. The molecule has 0 atom stereocenters. The van der Waals surface area contributed by atoms with Gasteiger partial charge in [0.25, 0.3) is 11.8 Å². The van der Waals surface area contributed by atoms with Gasteiger partial charge in [0, 0.05) is 26.1 Å². The van der Waals surface area contributed by atoms with Crippen molar-refractivity contribution in [2.45, 2.75) is 33.2 Å². The summed E-state index contributed by atoms with van der Waals surface area (Å²) < 4.78 is 12.9. The fourth-order valence-corrected chi connectivity index (χ4v) is 3.56. The molecule has 168 valence electrons. The maximum Gasteiger partial charge on any atom is 0.261 e. The normalized spacial score (nSPS) is 12.7. The molecule has 4 amide bonds. The Bertz CT molecular complexity index is 1040. The van der Waals surface area contributed by atoms with Gasteiger partial charge in [-0.1, -0.05) is 23.8 Å². The molecule has 1 aliphatic rings. The smallest absolute Gasteiger partial charge is 0.261 e. The van der Waals surface area contributed by atoms with Gasteiger partial charge in [-0.25, -0.2) is 4.39 Å². The zero-order chi connectivity index (χ0) is 23.3. The van der Waals surface area contributed by atoms with E-state index in [-0.39, 0.29) is 55.5 Å². The second kappa shape index (κ2) is 10.2. The van der Waals surface area contributed by atoms with Crippen LogP contribution >= 0.6 is 0 Å². The van der Waals surface area contributed by atoms with Crippen molar-refractivity contribution in [2.75, 3.05) is 19.6 Å². The second-order valence-corrected chi connectivity index (χ2v) is 7.73. The van der Waals surface area contributed by atoms with Crippen molar-refractivity contribution in [1.29, 1.82) is 0 Å². The molecule has 1 aliphatic heterocycles. The number of halogens is 1. The van der Waals surface area contributed by atoms with Crippen LogP contribution in [0.3, 0.4) is 0 Å². The van der Waals surface area contributed by atoms with Crippen LogP contribution in [0, 0.1) is 12.7 Å². The maximum absolute atomic E-state index is 12.9. The topological polar surface area (TPSA) is 86.8 Å². The molecule has 2 aromatic carbocycles. The van der Waals surface area contributed by atoms with Crippen molar-refractivity contribution in [3.8, 4) is 0 Å². The summed E-state index contributed by atoms with van der Waals surface area (Å²) in [6, 6.07) is 10.9. The highest BCUT2D eigenvalue weighted by atomic mass is 19.1. The molecule has 0 unspecified atom stereocenters. The van der Waals surface area contributed by atoms with Gasteiger partial charge in [0.05, 0.1) is 17.7 Å². The third kappa shape index (κ3) is 5.38. The van der Waals surface area contributed by atoms with E-state index in [1.54, 1.807) is 37.3 Å². The Labute approximate surface area is 186 Å². The van der Waals surface area contributed by atoms with E-state index in [9.17, 15) is 23.6 Å². The van der Waals surface area contributed by atoms with E-state index in [1.165, 1.54) is 21.9 Å². The molecule has 0 saturated heterocycles. The Balaban J connectivity index is 1.46. The largest absolute Gasteiger partial charge is 0.350 e. The molecule has 0 saturated carbocycles. The molecule has 1 N–H and O–H groups in total. The number of benzene rings is 2. The average molecular weight is 439 g/mol. The lowest BCUT2D eigenvalue weighted by Crippen LogP contribution is -2.40. The van der Waals surface area contributed by atoms with Crippen molar-refractivity contribution >= 4 is 23.6 Å². The molecule has 2 aromatic rings. The molecule has 7 nitrogen and oxygen atoms in total. The molecular formula is C24H26FN3O4. The van der Waals surface area contributed by atoms with Gasteiger partial charge in [-0.2, -0.15) is 0 Å². The highest BCUT2D eigenvalue weighted by molar-refractivity contribution is 6.21. The van der Waals surface area contributed by atoms with E-state index in [4.69, 9.17) is 0 Å². The number of nitrogens with zero attached hydrogens (tertiary/aromatic N) is 2. The number of hydrogen-bond donors (Lipinski definition) is 1. The first kappa shape index (κ1) is 23.1. The van der Waals surface area contributed by atoms with Crippen LogP contribution in [-0.4, -0.2) is 53.1 Å². The summed E-state index contributed by atoms with van der Waals surface area (Å²) in [5.41, 5.74) is 2.44. The summed E-state index contributed by atoms with van der Waals surface area (Å²) in [4.78, 5) is 52.3. The van der Waals surface area contributed by atoms with Crippen LogP contribution in [0.2, 0.25) is 0 Å². The SMILES string of the molecule is CCN(CC(=O)NCc1ccc(F)cc1)C(=O)CCCN1C(=O)c2ccc(C)cc2C1=O. The highest BCUT2D eigenvalue weighted by Gasteiger charge is 2.35. The van der Waals surface area contributed by atoms with Gasteiger partial charge in [0.15, 0.2) is 0 Å². The van der Waals surface area contributed by atoms with Gasteiger partial charge >= 0.3 is 0 Å². The molecule has 3 rings (SSSR count). The molecular weight excluding hydrogens is 413 g/mol. The summed E-state index contributed by atoms with van der Waals surface area (Å²) in [5.74, 6) is -1.57. The van der Waals surface area contributed by atoms with Crippen LogP contribution in [0.5, 0.6) is 0 Å². The number of amides is 4. The predicted molar refractivity (Wildman–Crippen MR) is 116 cm³/mol. The molecule has 8 heteroatoms. The monoisotopic (exact) mass is 439 g/mol. The van der Waals surface area contributed by atoms with Crippen LogP contribution in [0.1, 0.15) is 51.6 Å². The molecule has 0 spiro atoms. The quantitative estimate of drug-likeness (QED) is 0.609.